The number of aldehydes is 1. The molecule has 0 spiro atoms. The second-order valence-corrected chi connectivity index (χ2v) is 6.14. The number of rotatable bonds is 7. The van der Waals surface area contributed by atoms with E-state index in [9.17, 15) is 19.7 Å². The third kappa shape index (κ3) is 5.12. The van der Waals surface area contributed by atoms with Gasteiger partial charge < -0.3 is 10.1 Å². The van der Waals surface area contributed by atoms with Gasteiger partial charge in [0.2, 0.25) is 0 Å². The minimum atomic E-state index is -0.608. The Morgan fingerprint density at radius 1 is 1.32 bits per heavy atom. The quantitative estimate of drug-likeness (QED) is 0.431. The summed E-state index contributed by atoms with van der Waals surface area (Å²) in [5.74, 6) is -0.252. The molecule has 8 heteroatoms. The van der Waals surface area contributed by atoms with E-state index in [0.717, 1.165) is 16.1 Å². The lowest BCUT2D eigenvalue weighted by molar-refractivity contribution is -0.384. The van der Waals surface area contributed by atoms with Crippen LogP contribution in [0.15, 0.2) is 46.9 Å². The van der Waals surface area contributed by atoms with Gasteiger partial charge in [-0.15, -0.1) is 0 Å². The number of nitrogens with zero attached hydrogens (tertiary/aromatic N) is 1. The van der Waals surface area contributed by atoms with Crippen molar-refractivity contribution >= 4 is 33.8 Å². The van der Waals surface area contributed by atoms with Crippen LogP contribution in [0.2, 0.25) is 0 Å². The third-order valence-corrected chi connectivity index (χ3v) is 3.97. The highest BCUT2D eigenvalue weighted by Crippen LogP contribution is 2.23. The van der Waals surface area contributed by atoms with E-state index in [2.05, 4.69) is 21.2 Å². The molecule has 7 nitrogen and oxygen atoms in total. The van der Waals surface area contributed by atoms with Gasteiger partial charge in [0, 0.05) is 16.6 Å². The molecule has 0 radical (unpaired) electrons. The minimum Gasteiger partial charge on any atom is -0.483 e. The zero-order chi connectivity index (χ0) is 18.4. The summed E-state index contributed by atoms with van der Waals surface area (Å²) in [5.41, 5.74) is 0.728. The fraction of sp³-hybridized carbons (Fsp3) is 0.176. The fourth-order valence-corrected chi connectivity index (χ4v) is 2.40. The first-order valence-corrected chi connectivity index (χ1v) is 8.11. The number of halogens is 1. The van der Waals surface area contributed by atoms with Crippen molar-refractivity contribution in [3.8, 4) is 5.75 Å². The van der Waals surface area contributed by atoms with Crippen molar-refractivity contribution in [3.05, 3.63) is 68.2 Å². The Hall–Kier alpha value is -2.74. The number of amides is 1. The highest BCUT2D eigenvalue weighted by Gasteiger charge is 2.14. The molecule has 1 N–H and O–H groups in total. The Bertz CT molecular complexity index is 792. The topological polar surface area (TPSA) is 98.5 Å². The summed E-state index contributed by atoms with van der Waals surface area (Å²) in [6, 6.07) is 10.9. The smallest absolute Gasteiger partial charge is 0.270 e. The van der Waals surface area contributed by atoms with Gasteiger partial charge in [-0.05, 0) is 30.7 Å². The maximum atomic E-state index is 12.0. The molecule has 0 aromatic heterocycles. The van der Waals surface area contributed by atoms with E-state index < -0.39 is 4.92 Å². The first kappa shape index (κ1) is 18.6. The molecule has 0 saturated carbocycles. The third-order valence-electron chi connectivity index (χ3n) is 3.44. The average Bonchev–Trinajstić information content (AvgIpc) is 2.60. The van der Waals surface area contributed by atoms with E-state index in [0.29, 0.717) is 6.29 Å². The molecule has 2 aromatic carbocycles. The molecular weight excluding hydrogens is 392 g/mol. The van der Waals surface area contributed by atoms with Crippen LogP contribution in [0.25, 0.3) is 0 Å². The Morgan fingerprint density at radius 3 is 2.60 bits per heavy atom. The van der Waals surface area contributed by atoms with Crippen molar-refractivity contribution in [2.24, 2.45) is 0 Å². The van der Waals surface area contributed by atoms with Gasteiger partial charge in [-0.3, -0.25) is 19.7 Å². The molecule has 0 heterocycles. The molecule has 0 fully saturated rings. The van der Waals surface area contributed by atoms with E-state index in [1.54, 1.807) is 0 Å². The van der Waals surface area contributed by atoms with Crippen molar-refractivity contribution in [1.29, 1.82) is 0 Å². The van der Waals surface area contributed by atoms with Crippen LogP contribution in [0.3, 0.4) is 0 Å². The van der Waals surface area contributed by atoms with Crippen LogP contribution >= 0.6 is 15.9 Å². The number of benzene rings is 2. The first-order valence-electron chi connectivity index (χ1n) is 7.32. The molecule has 0 saturated heterocycles. The molecule has 130 valence electrons. The number of nitro groups is 1. The lowest BCUT2D eigenvalue weighted by Crippen LogP contribution is -2.31. The number of carbonyl (C=O) groups excluding carboxylic acids is 2. The summed E-state index contributed by atoms with van der Waals surface area (Å²) in [6.45, 7) is 1.53. The first-order chi connectivity index (χ1) is 11.9. The summed E-state index contributed by atoms with van der Waals surface area (Å²) >= 11 is 3.35. The van der Waals surface area contributed by atoms with Gasteiger partial charge in [-0.2, -0.15) is 0 Å². The van der Waals surface area contributed by atoms with Gasteiger partial charge in [-0.25, -0.2) is 0 Å². The van der Waals surface area contributed by atoms with Crippen molar-refractivity contribution in [2.75, 3.05) is 6.61 Å². The van der Waals surface area contributed by atoms with E-state index in [4.69, 9.17) is 4.74 Å². The highest BCUT2D eigenvalue weighted by atomic mass is 79.9. The van der Waals surface area contributed by atoms with Gasteiger partial charge in [0.1, 0.15) is 5.75 Å². The zero-order valence-electron chi connectivity index (χ0n) is 13.3. The number of ether oxygens (including phenoxy) is 1. The lowest BCUT2D eigenvalue weighted by Gasteiger charge is -2.15. The van der Waals surface area contributed by atoms with Crippen molar-refractivity contribution in [1.82, 2.24) is 5.32 Å². The van der Waals surface area contributed by atoms with Gasteiger partial charge in [0.25, 0.3) is 11.6 Å². The summed E-state index contributed by atoms with van der Waals surface area (Å²) in [6.07, 6.45) is 0.449. The summed E-state index contributed by atoms with van der Waals surface area (Å²) < 4.78 is 6.25. The predicted molar refractivity (Wildman–Crippen MR) is 94.7 cm³/mol. The maximum Gasteiger partial charge on any atom is 0.270 e. The summed E-state index contributed by atoms with van der Waals surface area (Å²) in [7, 11) is 0. The van der Waals surface area contributed by atoms with Gasteiger partial charge in [-0.1, -0.05) is 28.1 Å². The maximum absolute atomic E-state index is 12.0. The highest BCUT2D eigenvalue weighted by molar-refractivity contribution is 9.10. The van der Waals surface area contributed by atoms with Gasteiger partial charge in [0.15, 0.2) is 12.9 Å². The number of nitro benzene ring substituents is 1. The summed E-state index contributed by atoms with van der Waals surface area (Å²) in [5, 5.41) is 13.5. The molecule has 2 rings (SSSR count). The molecule has 0 aliphatic carbocycles. The van der Waals surface area contributed by atoms with Crippen LogP contribution in [0.5, 0.6) is 5.75 Å². The van der Waals surface area contributed by atoms with Crippen LogP contribution in [-0.4, -0.2) is 23.7 Å². The van der Waals surface area contributed by atoms with E-state index in [1.165, 1.54) is 12.1 Å². The second-order valence-electron chi connectivity index (χ2n) is 5.23. The van der Waals surface area contributed by atoms with Gasteiger partial charge in [0.05, 0.1) is 16.5 Å². The van der Waals surface area contributed by atoms with Crippen LogP contribution in [0.1, 0.15) is 28.9 Å². The molecule has 0 aliphatic rings. The fourth-order valence-electron chi connectivity index (χ4n) is 2.13. The van der Waals surface area contributed by atoms with Crippen molar-refractivity contribution in [3.63, 3.8) is 0 Å². The van der Waals surface area contributed by atoms with Crippen LogP contribution in [0, 0.1) is 10.1 Å². The lowest BCUT2D eigenvalue weighted by atomic mass is 10.1. The Kier molecular flexibility index (Phi) is 6.24. The Labute approximate surface area is 152 Å². The number of hydrogen-bond acceptors (Lipinski definition) is 5. The molecule has 0 aliphatic heterocycles. The standard InChI is InChI=1S/C17H15BrN2O5/c1-11(12-2-4-14(18)5-3-12)19-17(22)10-25-16-7-6-15(20(23)24)8-13(16)9-21/h2-9,11H,10H2,1H3,(H,19,22)/t11-/m1/s1. The largest absolute Gasteiger partial charge is 0.483 e. The van der Waals surface area contributed by atoms with E-state index in [1.807, 2.05) is 31.2 Å². The Morgan fingerprint density at radius 2 is 2.00 bits per heavy atom. The van der Waals surface area contributed by atoms with E-state index in [-0.39, 0.29) is 35.6 Å². The molecule has 2 aromatic rings. The predicted octanol–water partition coefficient (Wildman–Crippen LogP) is 3.43. The SMILES string of the molecule is C[C@@H](NC(=O)COc1ccc([N+](=O)[O-])cc1C=O)c1ccc(Br)cc1. The van der Waals surface area contributed by atoms with E-state index >= 15 is 0 Å². The average molecular weight is 407 g/mol. The molecule has 25 heavy (non-hydrogen) atoms. The molecule has 0 unspecified atom stereocenters. The molecule has 1 atom stereocenters. The monoisotopic (exact) mass is 406 g/mol. The second kappa shape index (κ2) is 8.39. The van der Waals surface area contributed by atoms with Crippen LogP contribution < -0.4 is 10.1 Å². The molecule has 0 bridgehead atoms. The van der Waals surface area contributed by atoms with Crippen LogP contribution in [0.4, 0.5) is 5.69 Å². The van der Waals surface area contributed by atoms with Crippen LogP contribution in [-0.2, 0) is 4.79 Å². The minimum absolute atomic E-state index is 0.0166. The normalized spacial score (nSPS) is 11.4. The number of carbonyl (C=O) groups is 2. The summed E-state index contributed by atoms with van der Waals surface area (Å²) in [4.78, 5) is 33.1. The van der Waals surface area contributed by atoms with Gasteiger partial charge >= 0.3 is 0 Å². The molecular formula is C17H15BrN2O5. The number of nitrogens with one attached hydrogen (secondary N) is 1. The Balaban J connectivity index is 1.96. The zero-order valence-corrected chi connectivity index (χ0v) is 14.9. The number of non-ortho nitro benzene ring substituents is 1. The van der Waals surface area contributed by atoms with Crippen molar-refractivity contribution < 1.29 is 19.2 Å². The molecule has 1 amide bonds. The van der Waals surface area contributed by atoms with Crippen molar-refractivity contribution in [2.45, 2.75) is 13.0 Å². The number of hydrogen-bond donors (Lipinski definition) is 1.